The first-order valence-electron chi connectivity index (χ1n) is 5.99. The Labute approximate surface area is 131 Å². The Morgan fingerprint density at radius 2 is 1.62 bits per heavy atom. The molecule has 4 nitrogen and oxygen atoms in total. The van der Waals surface area contributed by atoms with Crippen molar-refractivity contribution in [3.05, 3.63) is 69.7 Å². The fraction of sp³-hybridized carbons (Fsp3) is 0.0667. The number of carbonyl (C=O) groups excluding carboxylic acids is 2. The summed E-state index contributed by atoms with van der Waals surface area (Å²) in [5.74, 6) is -1.12. The number of rotatable bonds is 2. The number of hydroxylamine groups is 2. The van der Waals surface area contributed by atoms with E-state index in [9.17, 15) is 9.59 Å². The molecule has 1 amide bonds. The van der Waals surface area contributed by atoms with Gasteiger partial charge in [0, 0.05) is 12.6 Å². The van der Waals surface area contributed by atoms with E-state index in [1.54, 1.807) is 30.3 Å². The number of amides is 1. The Bertz CT molecular complexity index is 674. The van der Waals surface area contributed by atoms with E-state index < -0.39 is 11.9 Å². The molecule has 0 aliphatic carbocycles. The zero-order valence-electron chi connectivity index (χ0n) is 11.0. The van der Waals surface area contributed by atoms with Crippen LogP contribution in [0.5, 0.6) is 0 Å². The van der Waals surface area contributed by atoms with E-state index >= 15 is 0 Å². The molecule has 0 N–H and O–H groups in total. The van der Waals surface area contributed by atoms with Crippen molar-refractivity contribution in [2.45, 2.75) is 0 Å². The van der Waals surface area contributed by atoms with Gasteiger partial charge in [-0.25, -0.2) is 4.79 Å². The summed E-state index contributed by atoms with van der Waals surface area (Å²) in [6.07, 6.45) is 0. The monoisotopic (exact) mass is 323 g/mol. The summed E-state index contributed by atoms with van der Waals surface area (Å²) in [4.78, 5) is 29.0. The van der Waals surface area contributed by atoms with E-state index in [4.69, 9.17) is 28.0 Å². The predicted molar refractivity (Wildman–Crippen MR) is 80.4 cm³/mol. The molecule has 0 aromatic heterocycles. The average Bonchev–Trinajstić information content (AvgIpc) is 2.50. The molecular formula is C15H11Cl2NO3. The third-order valence-electron chi connectivity index (χ3n) is 2.68. The van der Waals surface area contributed by atoms with Crippen LogP contribution >= 0.6 is 23.2 Å². The van der Waals surface area contributed by atoms with Gasteiger partial charge in [0.15, 0.2) is 0 Å². The average molecular weight is 324 g/mol. The van der Waals surface area contributed by atoms with Gasteiger partial charge in [-0.2, -0.15) is 5.06 Å². The Morgan fingerprint density at radius 3 is 2.24 bits per heavy atom. The molecule has 0 spiro atoms. The van der Waals surface area contributed by atoms with Gasteiger partial charge in [0.25, 0.3) is 5.91 Å². The summed E-state index contributed by atoms with van der Waals surface area (Å²) in [6.45, 7) is 0. The molecule has 0 unspecified atom stereocenters. The summed E-state index contributed by atoms with van der Waals surface area (Å²) in [6, 6.07) is 12.8. The standard InChI is InChI=1S/C15H11Cl2NO3/c1-18(21-15(20)10-5-3-2-4-6-10)14(19)11-7-8-12(16)13(17)9-11/h2-9H,1H3. The second kappa shape index (κ2) is 6.61. The van der Waals surface area contributed by atoms with Crippen LogP contribution < -0.4 is 0 Å². The van der Waals surface area contributed by atoms with Gasteiger partial charge in [-0.15, -0.1) is 0 Å². The van der Waals surface area contributed by atoms with Crippen molar-refractivity contribution in [3.8, 4) is 0 Å². The van der Waals surface area contributed by atoms with E-state index in [0.29, 0.717) is 10.6 Å². The zero-order chi connectivity index (χ0) is 15.4. The number of nitrogens with zero attached hydrogens (tertiary/aromatic N) is 1. The third kappa shape index (κ3) is 3.74. The van der Waals surface area contributed by atoms with Crippen LogP contribution in [0.3, 0.4) is 0 Å². The lowest BCUT2D eigenvalue weighted by Gasteiger charge is -2.16. The first kappa shape index (κ1) is 15.4. The fourth-order valence-electron chi connectivity index (χ4n) is 1.60. The lowest BCUT2D eigenvalue weighted by atomic mass is 10.2. The lowest BCUT2D eigenvalue weighted by Crippen LogP contribution is -2.29. The molecule has 6 heteroatoms. The maximum Gasteiger partial charge on any atom is 0.363 e. The van der Waals surface area contributed by atoms with Gasteiger partial charge in [-0.3, -0.25) is 4.79 Å². The van der Waals surface area contributed by atoms with Gasteiger partial charge in [0.2, 0.25) is 0 Å². The van der Waals surface area contributed by atoms with Crippen molar-refractivity contribution in [1.82, 2.24) is 5.06 Å². The molecule has 0 fully saturated rings. The highest BCUT2D eigenvalue weighted by atomic mass is 35.5. The molecule has 21 heavy (non-hydrogen) atoms. The maximum atomic E-state index is 12.1. The van der Waals surface area contributed by atoms with Crippen LogP contribution in [0, 0.1) is 0 Å². The van der Waals surface area contributed by atoms with Crippen molar-refractivity contribution in [3.63, 3.8) is 0 Å². The Hall–Kier alpha value is -2.04. The number of halogens is 2. The molecule has 0 saturated heterocycles. The van der Waals surface area contributed by atoms with Gasteiger partial charge in [0.1, 0.15) is 0 Å². The van der Waals surface area contributed by atoms with Crippen molar-refractivity contribution in [2.24, 2.45) is 0 Å². The van der Waals surface area contributed by atoms with Crippen LogP contribution in [0.15, 0.2) is 48.5 Å². The first-order valence-corrected chi connectivity index (χ1v) is 6.75. The summed E-state index contributed by atoms with van der Waals surface area (Å²) in [7, 11) is 1.35. The number of hydrogen-bond donors (Lipinski definition) is 0. The minimum Gasteiger partial charge on any atom is -0.333 e. The summed E-state index contributed by atoms with van der Waals surface area (Å²) < 4.78 is 0. The van der Waals surface area contributed by atoms with Crippen molar-refractivity contribution in [2.75, 3.05) is 7.05 Å². The molecule has 0 atom stereocenters. The summed E-state index contributed by atoms with van der Waals surface area (Å²) in [5, 5.41) is 1.46. The normalized spacial score (nSPS) is 10.0. The second-order valence-corrected chi connectivity index (χ2v) is 4.99. The molecule has 0 bridgehead atoms. The maximum absolute atomic E-state index is 12.1. The van der Waals surface area contributed by atoms with Gasteiger partial charge in [-0.1, -0.05) is 41.4 Å². The second-order valence-electron chi connectivity index (χ2n) is 4.18. The van der Waals surface area contributed by atoms with Crippen LogP contribution in [0.2, 0.25) is 10.0 Å². The van der Waals surface area contributed by atoms with Gasteiger partial charge < -0.3 is 4.84 Å². The molecular weight excluding hydrogens is 313 g/mol. The molecule has 2 aromatic carbocycles. The Morgan fingerprint density at radius 1 is 0.952 bits per heavy atom. The van der Waals surface area contributed by atoms with E-state index in [1.807, 2.05) is 0 Å². The van der Waals surface area contributed by atoms with Crippen LogP contribution in [-0.2, 0) is 4.84 Å². The molecule has 2 aromatic rings. The first-order chi connectivity index (χ1) is 9.99. The summed E-state index contributed by atoms with van der Waals surface area (Å²) in [5.41, 5.74) is 0.624. The number of benzene rings is 2. The Balaban J connectivity index is 2.09. The third-order valence-corrected chi connectivity index (χ3v) is 3.42. The molecule has 0 radical (unpaired) electrons. The lowest BCUT2D eigenvalue weighted by molar-refractivity contribution is -0.0658. The van der Waals surface area contributed by atoms with Crippen LogP contribution in [0.25, 0.3) is 0 Å². The van der Waals surface area contributed by atoms with Crippen LogP contribution in [-0.4, -0.2) is 24.0 Å². The van der Waals surface area contributed by atoms with Crippen molar-refractivity contribution < 1.29 is 14.4 Å². The topological polar surface area (TPSA) is 46.6 Å². The highest BCUT2D eigenvalue weighted by Crippen LogP contribution is 2.23. The molecule has 0 saturated carbocycles. The Kier molecular flexibility index (Phi) is 4.83. The van der Waals surface area contributed by atoms with Gasteiger partial charge >= 0.3 is 5.97 Å². The number of carbonyl (C=O) groups is 2. The van der Waals surface area contributed by atoms with Gasteiger partial charge in [-0.05, 0) is 30.3 Å². The van der Waals surface area contributed by atoms with Crippen molar-refractivity contribution >= 4 is 35.1 Å². The quantitative estimate of drug-likeness (QED) is 0.789. The van der Waals surface area contributed by atoms with Crippen LogP contribution in [0.4, 0.5) is 0 Å². The SMILES string of the molecule is CN(OC(=O)c1ccccc1)C(=O)c1ccc(Cl)c(Cl)c1. The van der Waals surface area contributed by atoms with E-state index in [0.717, 1.165) is 5.06 Å². The highest BCUT2D eigenvalue weighted by Gasteiger charge is 2.18. The zero-order valence-corrected chi connectivity index (χ0v) is 12.6. The van der Waals surface area contributed by atoms with Crippen molar-refractivity contribution in [1.29, 1.82) is 0 Å². The molecule has 0 heterocycles. The molecule has 108 valence electrons. The fourth-order valence-corrected chi connectivity index (χ4v) is 1.90. The van der Waals surface area contributed by atoms with Crippen LogP contribution in [0.1, 0.15) is 20.7 Å². The largest absolute Gasteiger partial charge is 0.363 e. The minimum atomic E-state index is -0.619. The molecule has 0 aliphatic rings. The molecule has 2 rings (SSSR count). The minimum absolute atomic E-state index is 0.255. The highest BCUT2D eigenvalue weighted by molar-refractivity contribution is 6.42. The molecule has 0 aliphatic heterocycles. The summed E-state index contributed by atoms with van der Waals surface area (Å²) >= 11 is 11.6. The van der Waals surface area contributed by atoms with E-state index in [2.05, 4.69) is 0 Å². The number of hydrogen-bond acceptors (Lipinski definition) is 3. The van der Waals surface area contributed by atoms with E-state index in [-0.39, 0.29) is 10.6 Å². The smallest absolute Gasteiger partial charge is 0.333 e. The predicted octanol–water partition coefficient (Wildman–Crippen LogP) is 3.84. The van der Waals surface area contributed by atoms with Gasteiger partial charge in [0.05, 0.1) is 15.6 Å². The van der Waals surface area contributed by atoms with E-state index in [1.165, 1.54) is 25.2 Å².